The molecule has 0 bridgehead atoms. The van der Waals surface area contributed by atoms with E-state index in [4.69, 9.17) is 21.3 Å². The third-order valence-corrected chi connectivity index (χ3v) is 6.05. The number of aromatic nitrogens is 2. The van der Waals surface area contributed by atoms with E-state index < -0.39 is 0 Å². The third kappa shape index (κ3) is 5.64. The number of ether oxygens (including phenoxy) is 1. The molecule has 1 aromatic heterocycles. The summed E-state index contributed by atoms with van der Waals surface area (Å²) in [5, 5.41) is 3.49. The number of halogens is 1. The summed E-state index contributed by atoms with van der Waals surface area (Å²) in [6, 6.07) is 12.6. The maximum absolute atomic E-state index is 12.3. The Labute approximate surface area is 198 Å². The van der Waals surface area contributed by atoms with Crippen LogP contribution in [0, 0.1) is 0 Å². The highest BCUT2D eigenvalue weighted by Gasteiger charge is 2.21. The van der Waals surface area contributed by atoms with Crippen molar-refractivity contribution in [1.82, 2.24) is 19.4 Å². The van der Waals surface area contributed by atoms with Gasteiger partial charge in [0.25, 0.3) is 5.91 Å². The largest absolute Gasteiger partial charge is 0.484 e. The van der Waals surface area contributed by atoms with Crippen LogP contribution in [0.1, 0.15) is 19.7 Å². The molecule has 0 aliphatic carbocycles. The number of fused-ring (bicyclic) bond motifs is 1. The van der Waals surface area contributed by atoms with Crippen LogP contribution < -0.4 is 10.1 Å². The number of carbonyl (C=O) groups is 2. The second-order valence-corrected chi connectivity index (χ2v) is 8.49. The van der Waals surface area contributed by atoms with Gasteiger partial charge in [-0.2, -0.15) is 0 Å². The van der Waals surface area contributed by atoms with Gasteiger partial charge in [-0.1, -0.05) is 11.6 Å². The first-order valence-electron chi connectivity index (χ1n) is 11.1. The second kappa shape index (κ2) is 10.2. The Morgan fingerprint density at radius 1 is 1.09 bits per heavy atom. The second-order valence-electron chi connectivity index (χ2n) is 8.05. The van der Waals surface area contributed by atoms with Crippen LogP contribution in [0.25, 0.3) is 11.0 Å². The number of aryl methyl sites for hydroxylation is 1. The van der Waals surface area contributed by atoms with Gasteiger partial charge in [-0.05, 0) is 49.4 Å². The molecule has 2 aromatic carbocycles. The Morgan fingerprint density at radius 2 is 1.82 bits per heavy atom. The van der Waals surface area contributed by atoms with Crippen molar-refractivity contribution in [3.8, 4) is 5.75 Å². The van der Waals surface area contributed by atoms with Crippen molar-refractivity contribution < 1.29 is 14.3 Å². The molecular formula is C24H28ClN5O3. The topological polar surface area (TPSA) is 79.7 Å². The number of benzene rings is 2. The molecule has 1 aliphatic rings. The summed E-state index contributed by atoms with van der Waals surface area (Å²) in [6.07, 6.45) is 0. The summed E-state index contributed by atoms with van der Waals surface area (Å²) in [5.41, 5.74) is 2.55. The highest BCUT2D eigenvalue weighted by Crippen LogP contribution is 2.22. The standard InChI is InChI=1S/C24H28ClN5O3/c1-3-30-22-9-6-19(26-24(32)16-33-20-7-4-18(25)5-8-20)14-21(22)27-23(30)15-28-10-12-29(13-11-28)17(2)31/h4-9,14H,3,10-13,15-16H2,1-2H3,(H,26,32). The first-order valence-corrected chi connectivity index (χ1v) is 11.5. The van der Waals surface area contributed by atoms with Crippen LogP contribution in [0.15, 0.2) is 42.5 Å². The number of hydrogen-bond acceptors (Lipinski definition) is 5. The predicted octanol–water partition coefficient (Wildman–Crippen LogP) is 3.39. The van der Waals surface area contributed by atoms with Crippen molar-refractivity contribution in [2.24, 2.45) is 0 Å². The molecule has 2 amide bonds. The molecule has 9 heteroatoms. The minimum absolute atomic E-state index is 0.0967. The molecular weight excluding hydrogens is 442 g/mol. The Hall–Kier alpha value is -3.10. The number of nitrogens with zero attached hydrogens (tertiary/aromatic N) is 4. The maximum atomic E-state index is 12.3. The molecule has 1 fully saturated rings. The molecule has 4 rings (SSSR count). The number of piperazine rings is 1. The van der Waals surface area contributed by atoms with Gasteiger partial charge in [0.2, 0.25) is 5.91 Å². The number of carbonyl (C=O) groups excluding carboxylic acids is 2. The molecule has 174 valence electrons. The van der Waals surface area contributed by atoms with Gasteiger partial charge in [0, 0.05) is 50.4 Å². The fourth-order valence-electron chi connectivity index (χ4n) is 4.03. The summed E-state index contributed by atoms with van der Waals surface area (Å²) in [5.74, 6) is 1.45. The number of nitrogens with one attached hydrogen (secondary N) is 1. The summed E-state index contributed by atoms with van der Waals surface area (Å²) in [7, 11) is 0. The van der Waals surface area contributed by atoms with Gasteiger partial charge in [0.05, 0.1) is 17.6 Å². The molecule has 1 aliphatic heterocycles. The molecule has 1 N–H and O–H groups in total. The maximum Gasteiger partial charge on any atom is 0.262 e. The van der Waals surface area contributed by atoms with E-state index in [1.54, 1.807) is 31.2 Å². The van der Waals surface area contributed by atoms with Gasteiger partial charge in [-0.25, -0.2) is 4.98 Å². The van der Waals surface area contributed by atoms with Gasteiger partial charge in [0.1, 0.15) is 11.6 Å². The molecule has 33 heavy (non-hydrogen) atoms. The first-order chi connectivity index (χ1) is 15.9. The van der Waals surface area contributed by atoms with Crippen LogP contribution in [0.5, 0.6) is 5.75 Å². The van der Waals surface area contributed by atoms with Crippen LogP contribution >= 0.6 is 11.6 Å². The van der Waals surface area contributed by atoms with Gasteiger partial charge >= 0.3 is 0 Å². The third-order valence-electron chi connectivity index (χ3n) is 5.79. The van der Waals surface area contributed by atoms with Gasteiger partial charge in [-0.3, -0.25) is 14.5 Å². The Kier molecular flexibility index (Phi) is 7.15. The van der Waals surface area contributed by atoms with E-state index in [0.29, 0.717) is 16.5 Å². The van der Waals surface area contributed by atoms with E-state index in [1.807, 2.05) is 23.1 Å². The van der Waals surface area contributed by atoms with E-state index in [9.17, 15) is 9.59 Å². The predicted molar refractivity (Wildman–Crippen MR) is 129 cm³/mol. The summed E-state index contributed by atoms with van der Waals surface area (Å²) < 4.78 is 7.71. The Balaban J connectivity index is 1.40. The van der Waals surface area contributed by atoms with E-state index in [-0.39, 0.29) is 18.4 Å². The van der Waals surface area contributed by atoms with Crippen LogP contribution in [0.4, 0.5) is 5.69 Å². The van der Waals surface area contributed by atoms with Crippen LogP contribution in [-0.2, 0) is 22.7 Å². The number of hydrogen-bond donors (Lipinski definition) is 1. The molecule has 0 radical (unpaired) electrons. The van der Waals surface area contributed by atoms with E-state index in [2.05, 4.69) is 21.7 Å². The van der Waals surface area contributed by atoms with Crippen molar-refractivity contribution in [2.75, 3.05) is 38.1 Å². The van der Waals surface area contributed by atoms with Crippen molar-refractivity contribution in [3.05, 3.63) is 53.3 Å². The number of amides is 2. The Bertz CT molecular complexity index is 1140. The van der Waals surface area contributed by atoms with E-state index >= 15 is 0 Å². The molecule has 8 nitrogen and oxygen atoms in total. The molecule has 0 unspecified atom stereocenters. The number of anilines is 1. The Morgan fingerprint density at radius 3 is 2.48 bits per heavy atom. The smallest absolute Gasteiger partial charge is 0.262 e. The fourth-order valence-corrected chi connectivity index (χ4v) is 4.15. The molecule has 0 spiro atoms. The SMILES string of the molecule is CCn1c(CN2CCN(C(C)=O)CC2)nc2cc(NC(=O)COc3ccc(Cl)cc3)ccc21. The van der Waals surface area contributed by atoms with Crippen LogP contribution in [0.2, 0.25) is 5.02 Å². The number of rotatable bonds is 7. The average molecular weight is 470 g/mol. The van der Waals surface area contributed by atoms with E-state index in [0.717, 1.165) is 56.1 Å². The quantitative estimate of drug-likeness (QED) is 0.573. The van der Waals surface area contributed by atoms with Crippen molar-refractivity contribution >= 4 is 40.1 Å². The minimum atomic E-state index is -0.247. The fraction of sp³-hybridized carbons (Fsp3) is 0.375. The molecule has 2 heterocycles. The van der Waals surface area contributed by atoms with E-state index in [1.165, 1.54) is 0 Å². The lowest BCUT2D eigenvalue weighted by atomic mass is 10.2. The molecule has 0 atom stereocenters. The lowest BCUT2D eigenvalue weighted by molar-refractivity contribution is -0.130. The minimum Gasteiger partial charge on any atom is -0.484 e. The summed E-state index contributed by atoms with van der Waals surface area (Å²) in [4.78, 5) is 32.9. The normalized spacial score (nSPS) is 14.5. The molecule has 0 saturated carbocycles. The highest BCUT2D eigenvalue weighted by atomic mass is 35.5. The molecule has 1 saturated heterocycles. The van der Waals surface area contributed by atoms with Crippen molar-refractivity contribution in [3.63, 3.8) is 0 Å². The highest BCUT2D eigenvalue weighted by molar-refractivity contribution is 6.30. The summed E-state index contributed by atoms with van der Waals surface area (Å²) in [6.45, 7) is 8.31. The average Bonchev–Trinajstić information content (AvgIpc) is 3.15. The lowest BCUT2D eigenvalue weighted by Crippen LogP contribution is -2.47. The van der Waals surface area contributed by atoms with Gasteiger partial charge < -0.3 is 19.5 Å². The zero-order chi connectivity index (χ0) is 23.4. The summed E-state index contributed by atoms with van der Waals surface area (Å²) >= 11 is 5.87. The van der Waals surface area contributed by atoms with Crippen molar-refractivity contribution in [2.45, 2.75) is 26.9 Å². The van der Waals surface area contributed by atoms with Crippen LogP contribution in [0.3, 0.4) is 0 Å². The van der Waals surface area contributed by atoms with Gasteiger partial charge in [-0.15, -0.1) is 0 Å². The first kappa shape index (κ1) is 23.1. The van der Waals surface area contributed by atoms with Crippen molar-refractivity contribution in [1.29, 1.82) is 0 Å². The zero-order valence-corrected chi connectivity index (χ0v) is 19.6. The van der Waals surface area contributed by atoms with Gasteiger partial charge in [0.15, 0.2) is 6.61 Å². The number of imidazole rings is 1. The monoisotopic (exact) mass is 469 g/mol. The zero-order valence-electron chi connectivity index (χ0n) is 18.9. The molecule has 3 aromatic rings. The van der Waals surface area contributed by atoms with Crippen LogP contribution in [-0.4, -0.2) is 64.0 Å². The lowest BCUT2D eigenvalue weighted by Gasteiger charge is -2.33.